The van der Waals surface area contributed by atoms with Crippen molar-refractivity contribution in [1.82, 2.24) is 0 Å². The van der Waals surface area contributed by atoms with E-state index in [2.05, 4.69) is 6.92 Å². The molecule has 3 saturated carbocycles. The molecule has 25 heavy (non-hydrogen) atoms. The number of hydrogen-bond acceptors (Lipinski definition) is 4. The number of ketones is 2. The first-order valence-electron chi connectivity index (χ1n) is 9.80. The summed E-state index contributed by atoms with van der Waals surface area (Å²) in [5.41, 5.74) is -0.766. The van der Waals surface area contributed by atoms with Crippen LogP contribution in [0.1, 0.15) is 65.7 Å². The van der Waals surface area contributed by atoms with Gasteiger partial charge < -0.3 is 10.2 Å². The topological polar surface area (TPSA) is 74.6 Å². The number of aliphatic hydroxyl groups excluding tert-OH is 1. The lowest BCUT2D eigenvalue weighted by molar-refractivity contribution is -0.173. The van der Waals surface area contributed by atoms with Crippen molar-refractivity contribution in [2.24, 2.45) is 28.6 Å². The van der Waals surface area contributed by atoms with E-state index < -0.39 is 17.1 Å². The maximum Gasteiger partial charge on any atom is 0.164 e. The molecule has 0 aromatic heterocycles. The van der Waals surface area contributed by atoms with E-state index in [1.807, 2.05) is 13.0 Å². The lowest BCUT2D eigenvalue weighted by atomic mass is 9.46. The molecule has 0 radical (unpaired) electrons. The fraction of sp³-hybridized carbons (Fsp3) is 0.810. The van der Waals surface area contributed by atoms with Crippen LogP contribution >= 0.6 is 0 Å². The van der Waals surface area contributed by atoms with Crippen molar-refractivity contribution in [2.75, 3.05) is 0 Å². The van der Waals surface area contributed by atoms with Crippen LogP contribution in [0, 0.1) is 28.6 Å². The Balaban J connectivity index is 1.72. The molecule has 0 aromatic rings. The van der Waals surface area contributed by atoms with Crippen LogP contribution < -0.4 is 0 Å². The van der Waals surface area contributed by atoms with E-state index in [1.54, 1.807) is 0 Å². The molecule has 4 aliphatic carbocycles. The van der Waals surface area contributed by atoms with Gasteiger partial charge in [0.2, 0.25) is 0 Å². The van der Waals surface area contributed by atoms with Gasteiger partial charge >= 0.3 is 0 Å². The number of aliphatic hydroxyl groups is 2. The molecule has 4 aliphatic rings. The summed E-state index contributed by atoms with van der Waals surface area (Å²) in [5, 5.41) is 21.8. The summed E-state index contributed by atoms with van der Waals surface area (Å²) in [7, 11) is 0. The van der Waals surface area contributed by atoms with E-state index in [-0.39, 0.29) is 22.9 Å². The highest BCUT2D eigenvalue weighted by Crippen LogP contribution is 2.67. The summed E-state index contributed by atoms with van der Waals surface area (Å²) in [6.07, 6.45) is 6.66. The minimum Gasteiger partial charge on any atom is -0.390 e. The van der Waals surface area contributed by atoms with Gasteiger partial charge in [-0.3, -0.25) is 9.59 Å². The summed E-state index contributed by atoms with van der Waals surface area (Å²) in [6.45, 7) is 5.75. The van der Waals surface area contributed by atoms with Crippen LogP contribution in [0.5, 0.6) is 0 Å². The third kappa shape index (κ3) is 2.01. The standard InChI is InChI=1S/C21H30O4/c1-12(22)21(25)18(24)11-17-15-5-4-13-10-14(23)6-8-19(13,2)16(15)7-9-20(17,21)3/h10,15-18,24-25H,4-9,11H2,1-3H3/t15-,16+,17+,18-,19+,20+,21-/m1/s1. The highest BCUT2D eigenvalue weighted by Gasteiger charge is 2.69. The number of carbonyl (C=O) groups is 2. The molecule has 3 fully saturated rings. The molecule has 0 amide bonds. The molecule has 0 unspecified atom stereocenters. The zero-order chi connectivity index (χ0) is 18.2. The monoisotopic (exact) mass is 346 g/mol. The summed E-state index contributed by atoms with van der Waals surface area (Å²) in [6, 6.07) is 0. The van der Waals surface area contributed by atoms with Crippen LogP contribution in [0.15, 0.2) is 11.6 Å². The first kappa shape index (κ1) is 17.4. The largest absolute Gasteiger partial charge is 0.390 e. The number of hydrogen-bond donors (Lipinski definition) is 2. The average molecular weight is 346 g/mol. The SMILES string of the molecule is CC(=O)[C@@]1(O)[C@H](O)C[C@H]2[C@@H]3CCC4=CC(=O)CC[C@]4(C)[C@H]3CC[C@@]21C. The Hall–Kier alpha value is -1.00. The molecule has 4 nitrogen and oxygen atoms in total. The minimum atomic E-state index is -1.61. The lowest BCUT2D eigenvalue weighted by Crippen LogP contribution is -2.59. The van der Waals surface area contributed by atoms with Crippen LogP contribution in [-0.2, 0) is 9.59 Å². The summed E-state index contributed by atoms with van der Waals surface area (Å²) in [4.78, 5) is 24.1. The molecule has 7 atom stereocenters. The van der Waals surface area contributed by atoms with Gasteiger partial charge in [0.1, 0.15) is 0 Å². The summed E-state index contributed by atoms with van der Waals surface area (Å²) in [5.74, 6) is 1.03. The maximum absolute atomic E-state index is 12.3. The van der Waals surface area contributed by atoms with Gasteiger partial charge in [0, 0.05) is 11.8 Å². The zero-order valence-corrected chi connectivity index (χ0v) is 15.5. The number of carbonyl (C=O) groups excluding carboxylic acids is 2. The number of rotatable bonds is 1. The molecule has 2 N–H and O–H groups in total. The molecule has 0 heterocycles. The Kier molecular flexibility index (Phi) is 3.66. The van der Waals surface area contributed by atoms with Crippen LogP contribution in [0.3, 0.4) is 0 Å². The van der Waals surface area contributed by atoms with Crippen LogP contribution in [0.4, 0.5) is 0 Å². The van der Waals surface area contributed by atoms with Gasteiger partial charge in [-0.25, -0.2) is 0 Å². The predicted molar refractivity (Wildman–Crippen MR) is 93.7 cm³/mol. The van der Waals surface area contributed by atoms with Gasteiger partial charge in [-0.2, -0.15) is 0 Å². The van der Waals surface area contributed by atoms with Crippen molar-refractivity contribution in [3.05, 3.63) is 11.6 Å². The summed E-state index contributed by atoms with van der Waals surface area (Å²) < 4.78 is 0. The molecule has 4 rings (SSSR count). The third-order valence-electron chi connectivity index (χ3n) is 8.72. The average Bonchev–Trinajstić information content (AvgIpc) is 2.77. The Bertz CT molecular complexity index is 667. The molecule has 4 heteroatoms. The normalized spacial score (nSPS) is 52.0. The van der Waals surface area contributed by atoms with Crippen molar-refractivity contribution in [3.63, 3.8) is 0 Å². The Morgan fingerprint density at radius 1 is 1.16 bits per heavy atom. The van der Waals surface area contributed by atoms with Gasteiger partial charge in [0.15, 0.2) is 17.2 Å². The highest BCUT2D eigenvalue weighted by atomic mass is 16.4. The zero-order valence-electron chi connectivity index (χ0n) is 15.5. The van der Waals surface area contributed by atoms with Gasteiger partial charge in [-0.15, -0.1) is 0 Å². The molecule has 0 aliphatic heterocycles. The third-order valence-corrected chi connectivity index (χ3v) is 8.72. The fourth-order valence-corrected chi connectivity index (χ4v) is 7.22. The second-order valence-electron chi connectivity index (χ2n) is 9.50. The van der Waals surface area contributed by atoms with Crippen molar-refractivity contribution in [2.45, 2.75) is 77.4 Å². The smallest absolute Gasteiger partial charge is 0.164 e. The number of Topliss-reactive ketones (excluding diaryl/α,β-unsaturated/α-hetero) is 1. The molecule has 138 valence electrons. The van der Waals surface area contributed by atoms with E-state index in [0.717, 1.165) is 32.1 Å². The lowest BCUT2D eigenvalue weighted by Gasteiger charge is -2.58. The predicted octanol–water partition coefficient (Wildman–Crippen LogP) is 2.81. The van der Waals surface area contributed by atoms with E-state index >= 15 is 0 Å². The van der Waals surface area contributed by atoms with Crippen molar-refractivity contribution < 1.29 is 19.8 Å². The van der Waals surface area contributed by atoms with E-state index in [9.17, 15) is 19.8 Å². The fourth-order valence-electron chi connectivity index (χ4n) is 7.22. The van der Waals surface area contributed by atoms with Crippen LogP contribution in [-0.4, -0.2) is 33.5 Å². The highest BCUT2D eigenvalue weighted by molar-refractivity contribution is 5.91. The minimum absolute atomic E-state index is 0.0695. The molecular formula is C21H30O4. The summed E-state index contributed by atoms with van der Waals surface area (Å²) >= 11 is 0. The molecule has 0 spiro atoms. The quantitative estimate of drug-likeness (QED) is 0.766. The first-order valence-corrected chi connectivity index (χ1v) is 9.80. The van der Waals surface area contributed by atoms with Gasteiger partial charge in [0.25, 0.3) is 0 Å². The van der Waals surface area contributed by atoms with E-state index in [4.69, 9.17) is 0 Å². The number of allylic oxidation sites excluding steroid dienone is 1. The number of fused-ring (bicyclic) bond motifs is 5. The first-order chi connectivity index (χ1) is 11.6. The molecule has 0 saturated heterocycles. The van der Waals surface area contributed by atoms with Crippen LogP contribution in [0.25, 0.3) is 0 Å². The Labute approximate surface area is 149 Å². The van der Waals surface area contributed by atoms with Crippen molar-refractivity contribution >= 4 is 11.6 Å². The van der Waals surface area contributed by atoms with E-state index in [0.29, 0.717) is 24.7 Å². The Morgan fingerprint density at radius 3 is 2.56 bits per heavy atom. The maximum atomic E-state index is 12.3. The molecule has 0 aromatic carbocycles. The van der Waals surface area contributed by atoms with Gasteiger partial charge in [-0.1, -0.05) is 19.4 Å². The molecule has 0 bridgehead atoms. The second-order valence-corrected chi connectivity index (χ2v) is 9.50. The van der Waals surface area contributed by atoms with Gasteiger partial charge in [0.05, 0.1) is 6.10 Å². The molecular weight excluding hydrogens is 316 g/mol. The van der Waals surface area contributed by atoms with E-state index in [1.165, 1.54) is 12.5 Å². The van der Waals surface area contributed by atoms with Crippen molar-refractivity contribution in [3.8, 4) is 0 Å². The van der Waals surface area contributed by atoms with Crippen LogP contribution in [0.2, 0.25) is 0 Å². The Morgan fingerprint density at radius 2 is 1.88 bits per heavy atom. The van der Waals surface area contributed by atoms with Crippen molar-refractivity contribution in [1.29, 1.82) is 0 Å². The van der Waals surface area contributed by atoms with Gasteiger partial charge in [-0.05, 0) is 74.7 Å². The second kappa shape index (κ2) is 5.26.